The summed E-state index contributed by atoms with van der Waals surface area (Å²) < 4.78 is 16.8. The quantitative estimate of drug-likeness (QED) is 0.0347. The molecular weight excluding hydrogens is 697 g/mol. The van der Waals surface area contributed by atoms with E-state index in [1.165, 1.54) is 161 Å². The van der Waals surface area contributed by atoms with Gasteiger partial charge >= 0.3 is 17.9 Å². The van der Waals surface area contributed by atoms with Crippen LogP contribution in [0.1, 0.15) is 272 Å². The fraction of sp³-hybridized carbons (Fsp3) is 0.940. The smallest absolute Gasteiger partial charge is 0.306 e. The van der Waals surface area contributed by atoms with Crippen LogP contribution < -0.4 is 0 Å². The van der Waals surface area contributed by atoms with Crippen LogP contribution in [-0.2, 0) is 28.6 Å². The van der Waals surface area contributed by atoms with Crippen LogP contribution in [0, 0.1) is 11.8 Å². The minimum absolute atomic E-state index is 0.0644. The molecule has 0 aliphatic rings. The summed E-state index contributed by atoms with van der Waals surface area (Å²) in [6.07, 6.45) is 42.2. The molecule has 0 aliphatic heterocycles. The largest absolute Gasteiger partial charge is 0.462 e. The molecule has 0 aliphatic carbocycles. The summed E-state index contributed by atoms with van der Waals surface area (Å²) in [4.78, 5) is 37.8. The molecule has 0 saturated heterocycles. The molecule has 0 fully saturated rings. The van der Waals surface area contributed by atoms with Crippen LogP contribution >= 0.6 is 0 Å². The normalized spacial score (nSPS) is 12.5. The third-order valence-electron chi connectivity index (χ3n) is 11.6. The average Bonchev–Trinajstić information content (AvgIpc) is 3.18. The zero-order valence-electron chi connectivity index (χ0n) is 38.3. The molecular formula is C50H96O6. The van der Waals surface area contributed by atoms with Crippen LogP contribution in [0.15, 0.2) is 0 Å². The van der Waals surface area contributed by atoms with Gasteiger partial charge in [0, 0.05) is 19.3 Å². The first-order valence-corrected chi connectivity index (χ1v) is 24.8. The van der Waals surface area contributed by atoms with E-state index in [0.717, 1.165) is 69.6 Å². The molecule has 0 aromatic carbocycles. The molecule has 0 spiro atoms. The fourth-order valence-corrected chi connectivity index (χ4v) is 7.43. The Morgan fingerprint density at radius 2 is 0.679 bits per heavy atom. The Morgan fingerprint density at radius 1 is 0.375 bits per heavy atom. The van der Waals surface area contributed by atoms with Gasteiger partial charge in [0.1, 0.15) is 13.2 Å². The Hall–Kier alpha value is -1.59. The maximum atomic E-state index is 12.7. The zero-order chi connectivity index (χ0) is 41.2. The molecule has 0 amide bonds. The van der Waals surface area contributed by atoms with Crippen molar-refractivity contribution >= 4 is 17.9 Å². The maximum Gasteiger partial charge on any atom is 0.306 e. The highest BCUT2D eigenvalue weighted by Crippen LogP contribution is 2.17. The number of ether oxygens (including phenoxy) is 3. The van der Waals surface area contributed by atoms with E-state index in [2.05, 4.69) is 34.6 Å². The molecule has 2 atom stereocenters. The van der Waals surface area contributed by atoms with E-state index in [1.807, 2.05) is 0 Å². The van der Waals surface area contributed by atoms with Gasteiger partial charge in [-0.25, -0.2) is 0 Å². The molecule has 0 heterocycles. The number of hydrogen-bond donors (Lipinski definition) is 0. The van der Waals surface area contributed by atoms with Crippen LogP contribution in [0.25, 0.3) is 0 Å². The number of unbranched alkanes of at least 4 members (excludes halogenated alkanes) is 28. The SMILES string of the molecule is CCCCCCCCCCCCCCCC(=O)OC[C@@H](COC(=O)CCCCCCCCCCC(C)CC)OC(=O)CCCCCCCCCCCCC(C)C. The zero-order valence-corrected chi connectivity index (χ0v) is 38.3. The Balaban J connectivity index is 4.34. The highest BCUT2D eigenvalue weighted by molar-refractivity contribution is 5.71. The van der Waals surface area contributed by atoms with Crippen molar-refractivity contribution in [3.05, 3.63) is 0 Å². The maximum absolute atomic E-state index is 12.7. The van der Waals surface area contributed by atoms with E-state index >= 15 is 0 Å². The van der Waals surface area contributed by atoms with Crippen molar-refractivity contribution in [1.82, 2.24) is 0 Å². The minimum Gasteiger partial charge on any atom is -0.462 e. The Kier molecular flexibility index (Phi) is 41.8. The number of esters is 3. The Bertz CT molecular complexity index is 856. The number of rotatable bonds is 44. The first-order chi connectivity index (χ1) is 27.3. The van der Waals surface area contributed by atoms with E-state index in [0.29, 0.717) is 19.3 Å². The first-order valence-electron chi connectivity index (χ1n) is 24.8. The molecule has 0 radical (unpaired) electrons. The predicted molar refractivity (Wildman–Crippen MR) is 238 cm³/mol. The van der Waals surface area contributed by atoms with Gasteiger partial charge in [0.2, 0.25) is 0 Å². The molecule has 56 heavy (non-hydrogen) atoms. The van der Waals surface area contributed by atoms with Crippen molar-refractivity contribution in [2.45, 2.75) is 278 Å². The summed E-state index contributed by atoms with van der Waals surface area (Å²) in [5, 5.41) is 0. The molecule has 6 heteroatoms. The van der Waals surface area contributed by atoms with Crippen LogP contribution in [0.3, 0.4) is 0 Å². The summed E-state index contributed by atoms with van der Waals surface area (Å²) >= 11 is 0. The number of carbonyl (C=O) groups is 3. The van der Waals surface area contributed by atoms with Gasteiger partial charge in [-0.3, -0.25) is 14.4 Å². The van der Waals surface area contributed by atoms with Crippen LogP contribution in [0.5, 0.6) is 0 Å². The van der Waals surface area contributed by atoms with Gasteiger partial charge in [-0.05, 0) is 31.1 Å². The lowest BCUT2D eigenvalue weighted by molar-refractivity contribution is -0.167. The van der Waals surface area contributed by atoms with E-state index < -0.39 is 6.10 Å². The van der Waals surface area contributed by atoms with Crippen LogP contribution in [-0.4, -0.2) is 37.2 Å². The van der Waals surface area contributed by atoms with Crippen molar-refractivity contribution in [2.24, 2.45) is 11.8 Å². The molecule has 0 rings (SSSR count). The minimum atomic E-state index is -0.761. The molecule has 0 aromatic heterocycles. The third kappa shape index (κ3) is 42.0. The van der Waals surface area contributed by atoms with Gasteiger partial charge in [0.05, 0.1) is 0 Å². The standard InChI is InChI=1S/C50H96O6/c1-6-8-9-10-11-12-13-14-15-19-25-30-35-40-48(51)54-43-47(44-55-49(52)41-36-31-26-22-21-24-29-34-39-46(5)7-2)56-50(53)42-37-32-27-20-17-16-18-23-28-33-38-45(3)4/h45-47H,6-44H2,1-5H3/t46?,47-/m0/s1. The highest BCUT2D eigenvalue weighted by atomic mass is 16.6. The van der Waals surface area contributed by atoms with Crippen molar-refractivity contribution in [3.63, 3.8) is 0 Å². The highest BCUT2D eigenvalue weighted by Gasteiger charge is 2.19. The van der Waals surface area contributed by atoms with Crippen molar-refractivity contribution in [2.75, 3.05) is 13.2 Å². The average molecular weight is 793 g/mol. The fourth-order valence-electron chi connectivity index (χ4n) is 7.43. The van der Waals surface area contributed by atoms with Gasteiger partial charge in [-0.2, -0.15) is 0 Å². The van der Waals surface area contributed by atoms with Gasteiger partial charge in [-0.15, -0.1) is 0 Å². The molecule has 0 aromatic rings. The Morgan fingerprint density at radius 3 is 1.02 bits per heavy atom. The monoisotopic (exact) mass is 793 g/mol. The third-order valence-corrected chi connectivity index (χ3v) is 11.6. The van der Waals surface area contributed by atoms with Gasteiger partial charge in [-0.1, -0.05) is 234 Å². The number of hydrogen-bond acceptors (Lipinski definition) is 6. The van der Waals surface area contributed by atoms with Gasteiger partial charge in [0.25, 0.3) is 0 Å². The Labute approximate surface area is 348 Å². The summed E-state index contributed by atoms with van der Waals surface area (Å²) in [6.45, 7) is 11.4. The topological polar surface area (TPSA) is 78.9 Å². The molecule has 0 bridgehead atoms. The lowest BCUT2D eigenvalue weighted by Crippen LogP contribution is -2.30. The molecule has 0 N–H and O–H groups in total. The predicted octanol–water partition coefficient (Wildman–Crippen LogP) is 15.8. The molecule has 0 saturated carbocycles. The second kappa shape index (κ2) is 43.0. The van der Waals surface area contributed by atoms with Crippen molar-refractivity contribution < 1.29 is 28.6 Å². The second-order valence-electron chi connectivity index (χ2n) is 17.8. The van der Waals surface area contributed by atoms with E-state index in [1.54, 1.807) is 0 Å². The molecule has 6 nitrogen and oxygen atoms in total. The van der Waals surface area contributed by atoms with Crippen LogP contribution in [0.2, 0.25) is 0 Å². The molecule has 332 valence electrons. The number of carbonyl (C=O) groups excluding carboxylic acids is 3. The van der Waals surface area contributed by atoms with Gasteiger partial charge < -0.3 is 14.2 Å². The second-order valence-corrected chi connectivity index (χ2v) is 17.8. The van der Waals surface area contributed by atoms with E-state index in [9.17, 15) is 14.4 Å². The molecule has 1 unspecified atom stereocenters. The summed E-state index contributed by atoms with van der Waals surface area (Å²) in [5.74, 6) is 0.811. The van der Waals surface area contributed by atoms with Crippen molar-refractivity contribution in [1.29, 1.82) is 0 Å². The summed E-state index contributed by atoms with van der Waals surface area (Å²) in [5.41, 5.74) is 0. The first kappa shape index (κ1) is 54.4. The van der Waals surface area contributed by atoms with Crippen LogP contribution in [0.4, 0.5) is 0 Å². The lowest BCUT2D eigenvalue weighted by Gasteiger charge is -2.18. The van der Waals surface area contributed by atoms with E-state index in [-0.39, 0.29) is 31.1 Å². The lowest BCUT2D eigenvalue weighted by atomic mass is 9.99. The van der Waals surface area contributed by atoms with E-state index in [4.69, 9.17) is 14.2 Å². The summed E-state index contributed by atoms with van der Waals surface area (Å²) in [6, 6.07) is 0. The van der Waals surface area contributed by atoms with Crippen molar-refractivity contribution in [3.8, 4) is 0 Å². The van der Waals surface area contributed by atoms with Gasteiger partial charge in [0.15, 0.2) is 6.10 Å². The summed E-state index contributed by atoms with van der Waals surface area (Å²) in [7, 11) is 0.